The number of amides is 1. The number of carbonyl (C=O) groups excluding carboxylic acids is 1. The van der Waals surface area contributed by atoms with Crippen LogP contribution < -0.4 is 10.2 Å². The van der Waals surface area contributed by atoms with E-state index in [1.165, 1.54) is 0 Å². The molecule has 0 saturated heterocycles. The number of nitrogens with zero attached hydrogens (tertiary/aromatic N) is 2. The predicted molar refractivity (Wildman–Crippen MR) is 82.7 cm³/mol. The molecule has 20 heavy (non-hydrogen) atoms. The zero-order valence-electron chi connectivity index (χ0n) is 11.6. The molecule has 2 rings (SSSR count). The van der Waals surface area contributed by atoms with Gasteiger partial charge in [-0.1, -0.05) is 17.7 Å². The number of hydrogen-bond acceptors (Lipinski definition) is 3. The molecule has 0 atom stereocenters. The van der Waals surface area contributed by atoms with Gasteiger partial charge in [-0.05, 0) is 36.8 Å². The highest BCUT2D eigenvalue weighted by Crippen LogP contribution is 2.22. The van der Waals surface area contributed by atoms with Crippen LogP contribution >= 0.6 is 11.6 Å². The fourth-order valence-electron chi connectivity index (χ4n) is 1.80. The Morgan fingerprint density at radius 2 is 2.05 bits per heavy atom. The Hall–Kier alpha value is -2.07. The van der Waals surface area contributed by atoms with E-state index in [1.54, 1.807) is 29.3 Å². The van der Waals surface area contributed by atoms with E-state index in [4.69, 9.17) is 11.6 Å². The van der Waals surface area contributed by atoms with Gasteiger partial charge in [0.25, 0.3) is 5.91 Å². The van der Waals surface area contributed by atoms with E-state index >= 15 is 0 Å². The number of halogens is 1. The van der Waals surface area contributed by atoms with Crippen LogP contribution in [0.1, 0.15) is 15.9 Å². The number of benzene rings is 1. The molecule has 0 spiro atoms. The van der Waals surface area contributed by atoms with Gasteiger partial charge in [0.15, 0.2) is 0 Å². The fourth-order valence-corrected chi connectivity index (χ4v) is 1.98. The minimum atomic E-state index is -0.207. The molecule has 0 aliphatic rings. The summed E-state index contributed by atoms with van der Waals surface area (Å²) in [5.41, 5.74) is 2.16. The smallest absolute Gasteiger partial charge is 0.259 e. The summed E-state index contributed by atoms with van der Waals surface area (Å²) in [5.74, 6) is 0.421. The Kier molecular flexibility index (Phi) is 4.25. The van der Waals surface area contributed by atoms with Crippen LogP contribution in [0.3, 0.4) is 0 Å². The second-order valence-corrected chi connectivity index (χ2v) is 5.09. The summed E-state index contributed by atoms with van der Waals surface area (Å²) >= 11 is 6.05. The maximum absolute atomic E-state index is 12.3. The lowest BCUT2D eigenvalue weighted by molar-refractivity contribution is 0.102. The summed E-state index contributed by atoms with van der Waals surface area (Å²) in [6.07, 6.45) is 1.66. The Labute approximate surface area is 123 Å². The van der Waals surface area contributed by atoms with Crippen LogP contribution in [0.4, 0.5) is 11.5 Å². The molecular formula is C15H16ClN3O. The number of hydrogen-bond donors (Lipinski definition) is 1. The van der Waals surface area contributed by atoms with Gasteiger partial charge in [-0.2, -0.15) is 0 Å². The maximum Gasteiger partial charge on any atom is 0.259 e. The van der Waals surface area contributed by atoms with Crippen molar-refractivity contribution >= 4 is 29.0 Å². The van der Waals surface area contributed by atoms with E-state index in [0.717, 1.165) is 5.56 Å². The van der Waals surface area contributed by atoms with Crippen molar-refractivity contribution in [3.8, 4) is 0 Å². The first-order chi connectivity index (χ1) is 9.49. The maximum atomic E-state index is 12.3. The molecule has 1 amide bonds. The topological polar surface area (TPSA) is 45.2 Å². The van der Waals surface area contributed by atoms with E-state index in [2.05, 4.69) is 10.3 Å². The largest absolute Gasteiger partial charge is 0.362 e. The van der Waals surface area contributed by atoms with Crippen molar-refractivity contribution in [3.05, 3.63) is 52.7 Å². The van der Waals surface area contributed by atoms with E-state index < -0.39 is 0 Å². The Bertz CT molecular complexity index is 641. The summed E-state index contributed by atoms with van der Waals surface area (Å²) in [4.78, 5) is 18.3. The van der Waals surface area contributed by atoms with Gasteiger partial charge in [-0.15, -0.1) is 0 Å². The summed E-state index contributed by atoms with van der Waals surface area (Å²) in [5, 5.41) is 3.46. The SMILES string of the molecule is Cc1ccc(NC(=O)c2cccnc2N(C)C)cc1Cl. The molecule has 0 unspecified atom stereocenters. The van der Waals surface area contributed by atoms with Crippen LogP contribution in [-0.4, -0.2) is 25.0 Å². The van der Waals surface area contributed by atoms with Gasteiger partial charge in [0.05, 0.1) is 5.56 Å². The standard InChI is InChI=1S/C15H16ClN3O/c1-10-6-7-11(9-13(10)16)18-15(20)12-5-4-8-17-14(12)19(2)3/h4-9H,1-3H3,(H,18,20). The molecule has 1 aromatic carbocycles. The van der Waals surface area contributed by atoms with E-state index in [1.807, 2.05) is 33.2 Å². The Morgan fingerprint density at radius 3 is 2.70 bits per heavy atom. The third-order valence-electron chi connectivity index (χ3n) is 2.88. The lowest BCUT2D eigenvalue weighted by atomic mass is 10.2. The number of anilines is 2. The van der Waals surface area contributed by atoms with Gasteiger partial charge < -0.3 is 10.2 Å². The average Bonchev–Trinajstić information content (AvgIpc) is 2.43. The number of carbonyl (C=O) groups is 1. The van der Waals surface area contributed by atoms with Crippen molar-refractivity contribution in [2.75, 3.05) is 24.3 Å². The molecule has 2 aromatic rings. The Morgan fingerprint density at radius 1 is 1.30 bits per heavy atom. The van der Waals surface area contributed by atoms with E-state index in [-0.39, 0.29) is 5.91 Å². The average molecular weight is 290 g/mol. The van der Waals surface area contributed by atoms with Crippen LogP contribution in [0.25, 0.3) is 0 Å². The molecule has 0 fully saturated rings. The van der Waals surface area contributed by atoms with E-state index in [9.17, 15) is 4.79 Å². The number of aryl methyl sites for hydroxylation is 1. The van der Waals surface area contributed by atoms with Crippen molar-refractivity contribution < 1.29 is 4.79 Å². The monoisotopic (exact) mass is 289 g/mol. The summed E-state index contributed by atoms with van der Waals surface area (Å²) in [6, 6.07) is 8.91. The van der Waals surface area contributed by atoms with Gasteiger partial charge in [-0.3, -0.25) is 4.79 Å². The second-order valence-electron chi connectivity index (χ2n) is 4.69. The first kappa shape index (κ1) is 14.3. The zero-order valence-corrected chi connectivity index (χ0v) is 12.4. The van der Waals surface area contributed by atoms with Gasteiger partial charge in [0.1, 0.15) is 5.82 Å². The highest BCUT2D eigenvalue weighted by atomic mass is 35.5. The molecule has 1 heterocycles. The number of pyridine rings is 1. The molecule has 0 aliphatic carbocycles. The second kappa shape index (κ2) is 5.92. The molecule has 1 N–H and O–H groups in total. The Balaban J connectivity index is 2.26. The molecule has 4 nitrogen and oxygen atoms in total. The lowest BCUT2D eigenvalue weighted by Crippen LogP contribution is -2.19. The molecule has 0 bridgehead atoms. The van der Waals surface area contributed by atoms with Crippen LogP contribution in [0.2, 0.25) is 5.02 Å². The normalized spacial score (nSPS) is 10.2. The quantitative estimate of drug-likeness (QED) is 0.942. The summed E-state index contributed by atoms with van der Waals surface area (Å²) in [6.45, 7) is 1.92. The summed E-state index contributed by atoms with van der Waals surface area (Å²) < 4.78 is 0. The first-order valence-corrected chi connectivity index (χ1v) is 6.56. The van der Waals surface area contributed by atoms with Gasteiger partial charge >= 0.3 is 0 Å². The molecule has 104 valence electrons. The third-order valence-corrected chi connectivity index (χ3v) is 3.29. The highest BCUT2D eigenvalue weighted by molar-refractivity contribution is 6.31. The molecule has 0 saturated carbocycles. The summed E-state index contributed by atoms with van der Waals surface area (Å²) in [7, 11) is 3.70. The van der Waals surface area contributed by atoms with Crippen molar-refractivity contribution in [2.45, 2.75) is 6.92 Å². The predicted octanol–water partition coefficient (Wildman–Crippen LogP) is 3.36. The van der Waals surface area contributed by atoms with Crippen molar-refractivity contribution in [1.82, 2.24) is 4.98 Å². The number of nitrogens with one attached hydrogen (secondary N) is 1. The van der Waals surface area contributed by atoms with Gasteiger partial charge in [0, 0.05) is 31.0 Å². The van der Waals surface area contributed by atoms with E-state index in [0.29, 0.717) is 22.1 Å². The number of rotatable bonds is 3. The minimum absolute atomic E-state index is 0.207. The van der Waals surface area contributed by atoms with Crippen LogP contribution in [0.5, 0.6) is 0 Å². The first-order valence-electron chi connectivity index (χ1n) is 6.19. The third kappa shape index (κ3) is 3.08. The van der Waals surface area contributed by atoms with Crippen LogP contribution in [0.15, 0.2) is 36.5 Å². The molecular weight excluding hydrogens is 274 g/mol. The molecule has 0 radical (unpaired) electrons. The minimum Gasteiger partial charge on any atom is -0.362 e. The number of aromatic nitrogens is 1. The van der Waals surface area contributed by atoms with Crippen LogP contribution in [-0.2, 0) is 0 Å². The zero-order chi connectivity index (χ0) is 14.7. The van der Waals surface area contributed by atoms with Crippen LogP contribution in [0, 0.1) is 6.92 Å². The lowest BCUT2D eigenvalue weighted by Gasteiger charge is -2.15. The highest BCUT2D eigenvalue weighted by Gasteiger charge is 2.14. The van der Waals surface area contributed by atoms with Crippen molar-refractivity contribution in [3.63, 3.8) is 0 Å². The van der Waals surface area contributed by atoms with Gasteiger partial charge in [-0.25, -0.2) is 4.98 Å². The van der Waals surface area contributed by atoms with Crippen molar-refractivity contribution in [2.24, 2.45) is 0 Å². The molecule has 5 heteroatoms. The van der Waals surface area contributed by atoms with Gasteiger partial charge in [0.2, 0.25) is 0 Å². The fraction of sp³-hybridized carbons (Fsp3) is 0.200. The molecule has 0 aliphatic heterocycles. The van der Waals surface area contributed by atoms with Crippen molar-refractivity contribution in [1.29, 1.82) is 0 Å². The molecule has 1 aromatic heterocycles.